The Kier molecular flexibility index (Phi) is 3.83. The standard InChI is InChI=1S/C18H24/c1-2-4-9-15(10-5-3-1)18-14-8-12-16-11-6-7-13-17(16)18/h8-9,12,14H,1-7,10-11,13H2. The van der Waals surface area contributed by atoms with Crippen LogP contribution in [-0.4, -0.2) is 0 Å². The zero-order valence-corrected chi connectivity index (χ0v) is 11.4. The lowest BCUT2D eigenvalue weighted by molar-refractivity contribution is 0.642. The number of benzene rings is 1. The summed E-state index contributed by atoms with van der Waals surface area (Å²) in [4.78, 5) is 0. The van der Waals surface area contributed by atoms with Crippen LogP contribution in [0.5, 0.6) is 0 Å². The first-order valence-corrected chi connectivity index (χ1v) is 7.75. The maximum Gasteiger partial charge on any atom is -0.0193 e. The van der Waals surface area contributed by atoms with Gasteiger partial charge in [-0.15, -0.1) is 0 Å². The molecule has 0 heterocycles. The summed E-state index contributed by atoms with van der Waals surface area (Å²) in [6, 6.07) is 7.00. The highest BCUT2D eigenvalue weighted by Crippen LogP contribution is 2.32. The van der Waals surface area contributed by atoms with Crippen LogP contribution in [0.25, 0.3) is 5.57 Å². The van der Waals surface area contributed by atoms with E-state index in [1.807, 2.05) is 0 Å². The number of allylic oxidation sites excluding steroid dienone is 2. The molecule has 0 atom stereocenters. The molecule has 0 heteroatoms. The van der Waals surface area contributed by atoms with Gasteiger partial charge in [0.25, 0.3) is 0 Å². The molecule has 0 saturated heterocycles. The normalized spacial score (nSPS) is 20.6. The van der Waals surface area contributed by atoms with Crippen LogP contribution in [0.2, 0.25) is 0 Å². The van der Waals surface area contributed by atoms with Crippen LogP contribution >= 0.6 is 0 Å². The van der Waals surface area contributed by atoms with Gasteiger partial charge in [-0.3, -0.25) is 0 Å². The summed E-state index contributed by atoms with van der Waals surface area (Å²) in [7, 11) is 0. The molecule has 1 aromatic carbocycles. The second-order valence-electron chi connectivity index (χ2n) is 5.83. The second kappa shape index (κ2) is 5.73. The van der Waals surface area contributed by atoms with E-state index < -0.39 is 0 Å². The Bertz CT molecular complexity index is 439. The molecular weight excluding hydrogens is 216 g/mol. The van der Waals surface area contributed by atoms with Crippen molar-refractivity contribution in [2.24, 2.45) is 0 Å². The van der Waals surface area contributed by atoms with E-state index in [1.165, 1.54) is 64.2 Å². The number of aryl methyl sites for hydroxylation is 1. The Morgan fingerprint density at radius 1 is 0.722 bits per heavy atom. The molecule has 0 radical (unpaired) electrons. The molecule has 18 heavy (non-hydrogen) atoms. The average molecular weight is 240 g/mol. The van der Waals surface area contributed by atoms with Gasteiger partial charge in [0.15, 0.2) is 0 Å². The van der Waals surface area contributed by atoms with Crippen molar-refractivity contribution in [2.45, 2.75) is 64.2 Å². The maximum absolute atomic E-state index is 2.53. The van der Waals surface area contributed by atoms with E-state index in [0.717, 1.165) is 0 Å². The van der Waals surface area contributed by atoms with Gasteiger partial charge in [0.05, 0.1) is 0 Å². The fraction of sp³-hybridized carbons (Fsp3) is 0.556. The van der Waals surface area contributed by atoms with Crippen molar-refractivity contribution in [3.05, 3.63) is 41.0 Å². The van der Waals surface area contributed by atoms with Crippen molar-refractivity contribution in [3.63, 3.8) is 0 Å². The minimum atomic E-state index is 1.29. The summed E-state index contributed by atoms with van der Waals surface area (Å²) in [6.45, 7) is 0. The summed E-state index contributed by atoms with van der Waals surface area (Å²) in [5, 5.41) is 0. The molecule has 0 bridgehead atoms. The zero-order chi connectivity index (χ0) is 12.2. The molecule has 0 aliphatic heterocycles. The van der Waals surface area contributed by atoms with Gasteiger partial charge in [0.1, 0.15) is 0 Å². The van der Waals surface area contributed by atoms with Crippen molar-refractivity contribution < 1.29 is 0 Å². The second-order valence-corrected chi connectivity index (χ2v) is 5.83. The molecule has 96 valence electrons. The van der Waals surface area contributed by atoms with E-state index in [0.29, 0.717) is 0 Å². The third-order valence-corrected chi connectivity index (χ3v) is 4.53. The van der Waals surface area contributed by atoms with Crippen LogP contribution in [0.3, 0.4) is 0 Å². The zero-order valence-electron chi connectivity index (χ0n) is 11.4. The van der Waals surface area contributed by atoms with Gasteiger partial charge in [-0.2, -0.15) is 0 Å². The lowest BCUT2D eigenvalue weighted by atomic mass is 9.84. The first-order chi connectivity index (χ1) is 8.95. The SMILES string of the molecule is C1=C(c2cccc3c2CCCC3)CCCCCC1. The highest BCUT2D eigenvalue weighted by molar-refractivity contribution is 5.69. The van der Waals surface area contributed by atoms with E-state index in [9.17, 15) is 0 Å². The molecule has 0 fully saturated rings. The summed E-state index contributed by atoms with van der Waals surface area (Å²) in [6.07, 6.45) is 16.1. The van der Waals surface area contributed by atoms with Crippen LogP contribution in [0.4, 0.5) is 0 Å². The van der Waals surface area contributed by atoms with E-state index in [4.69, 9.17) is 0 Å². The molecule has 0 saturated carbocycles. The van der Waals surface area contributed by atoms with E-state index >= 15 is 0 Å². The van der Waals surface area contributed by atoms with Gasteiger partial charge < -0.3 is 0 Å². The summed E-state index contributed by atoms with van der Waals surface area (Å²) >= 11 is 0. The van der Waals surface area contributed by atoms with Crippen molar-refractivity contribution >= 4 is 5.57 Å². The minimum absolute atomic E-state index is 1.29. The Balaban J connectivity index is 1.95. The first kappa shape index (κ1) is 12.0. The predicted octanol–water partition coefficient (Wildman–Crippen LogP) is 5.30. The van der Waals surface area contributed by atoms with Gasteiger partial charge in [0, 0.05) is 0 Å². The van der Waals surface area contributed by atoms with E-state index in [2.05, 4.69) is 24.3 Å². The van der Waals surface area contributed by atoms with Crippen molar-refractivity contribution in [1.82, 2.24) is 0 Å². The van der Waals surface area contributed by atoms with Crippen molar-refractivity contribution in [1.29, 1.82) is 0 Å². The maximum atomic E-state index is 2.53. The highest BCUT2D eigenvalue weighted by atomic mass is 14.2. The fourth-order valence-electron chi connectivity index (χ4n) is 3.52. The third-order valence-electron chi connectivity index (χ3n) is 4.53. The molecule has 2 aliphatic rings. The van der Waals surface area contributed by atoms with Crippen molar-refractivity contribution in [2.75, 3.05) is 0 Å². The molecule has 0 aromatic heterocycles. The van der Waals surface area contributed by atoms with Crippen LogP contribution < -0.4 is 0 Å². The molecule has 1 aromatic rings. The lowest BCUT2D eigenvalue weighted by Gasteiger charge is -2.21. The molecule has 0 nitrogen and oxygen atoms in total. The minimum Gasteiger partial charge on any atom is -0.0807 e. The molecule has 0 unspecified atom stereocenters. The van der Waals surface area contributed by atoms with Crippen LogP contribution in [0.1, 0.15) is 68.1 Å². The molecule has 3 rings (SSSR count). The Labute approximate surface area is 111 Å². The third kappa shape index (κ3) is 2.53. The van der Waals surface area contributed by atoms with Gasteiger partial charge in [-0.05, 0) is 73.6 Å². The fourth-order valence-corrected chi connectivity index (χ4v) is 3.52. The smallest absolute Gasteiger partial charge is 0.0193 e. The average Bonchev–Trinajstić information content (AvgIpc) is 2.38. The quantitative estimate of drug-likeness (QED) is 0.624. The van der Waals surface area contributed by atoms with Crippen LogP contribution in [0.15, 0.2) is 24.3 Å². The van der Waals surface area contributed by atoms with Gasteiger partial charge in [-0.25, -0.2) is 0 Å². The Morgan fingerprint density at radius 2 is 1.56 bits per heavy atom. The van der Waals surface area contributed by atoms with Crippen LogP contribution in [-0.2, 0) is 12.8 Å². The Hall–Kier alpha value is -1.04. The van der Waals surface area contributed by atoms with Crippen molar-refractivity contribution in [3.8, 4) is 0 Å². The number of hydrogen-bond donors (Lipinski definition) is 0. The molecule has 0 spiro atoms. The summed E-state index contributed by atoms with van der Waals surface area (Å²) in [5.74, 6) is 0. The topological polar surface area (TPSA) is 0 Å². The van der Waals surface area contributed by atoms with Crippen LogP contribution in [0, 0.1) is 0 Å². The predicted molar refractivity (Wildman–Crippen MR) is 78.8 cm³/mol. The Morgan fingerprint density at radius 3 is 2.56 bits per heavy atom. The summed E-state index contributed by atoms with van der Waals surface area (Å²) in [5.41, 5.74) is 6.54. The van der Waals surface area contributed by atoms with Gasteiger partial charge in [0.2, 0.25) is 0 Å². The monoisotopic (exact) mass is 240 g/mol. The number of rotatable bonds is 1. The molecular formula is C18H24. The largest absolute Gasteiger partial charge is 0.0807 e. The molecule has 2 aliphatic carbocycles. The highest BCUT2D eigenvalue weighted by Gasteiger charge is 2.15. The van der Waals surface area contributed by atoms with E-state index in [1.54, 1.807) is 22.3 Å². The van der Waals surface area contributed by atoms with Gasteiger partial charge >= 0.3 is 0 Å². The number of fused-ring (bicyclic) bond motifs is 1. The van der Waals surface area contributed by atoms with Gasteiger partial charge in [-0.1, -0.05) is 37.1 Å². The summed E-state index contributed by atoms with van der Waals surface area (Å²) < 4.78 is 0. The molecule has 0 N–H and O–H groups in total. The lowest BCUT2D eigenvalue weighted by Crippen LogP contribution is -2.06. The molecule has 0 amide bonds. The number of hydrogen-bond acceptors (Lipinski definition) is 0. The van der Waals surface area contributed by atoms with E-state index in [-0.39, 0.29) is 0 Å². The first-order valence-electron chi connectivity index (χ1n) is 7.75.